The Morgan fingerprint density at radius 2 is 0.491 bits per heavy atom. The maximum absolute atomic E-state index is 2.45. The summed E-state index contributed by atoms with van der Waals surface area (Å²) in [6.45, 7) is 4.69. The molecule has 0 saturated carbocycles. The van der Waals surface area contributed by atoms with Gasteiger partial charge >= 0.3 is 0 Å². The minimum Gasteiger partial charge on any atom is -0.310 e. The second kappa shape index (κ2) is 28.7. The highest BCUT2D eigenvalue weighted by atomic mass is 15.1. The Hall–Kier alpha value is -14.8. The monoisotopic (exact) mass is 1480 g/mol. The van der Waals surface area contributed by atoms with E-state index in [1.54, 1.807) is 0 Å². The third-order valence-electron chi connectivity index (χ3n) is 24.3. The van der Waals surface area contributed by atoms with Gasteiger partial charge in [0.2, 0.25) is 0 Å². The van der Waals surface area contributed by atoms with Crippen molar-refractivity contribution in [3.05, 3.63) is 482 Å². The Morgan fingerprint density at radius 3 is 0.966 bits per heavy atom. The molecule has 4 nitrogen and oxygen atoms in total. The van der Waals surface area contributed by atoms with Crippen LogP contribution in [0, 0.1) is 0 Å². The first kappa shape index (κ1) is 69.1. The van der Waals surface area contributed by atoms with Crippen LogP contribution in [0.25, 0.3) is 122 Å². The number of rotatable bonds is 14. The van der Waals surface area contributed by atoms with Crippen molar-refractivity contribution in [3.8, 4) is 78.1 Å². The van der Waals surface area contributed by atoms with E-state index in [1.807, 2.05) is 0 Å². The quantitative estimate of drug-likeness (QED) is 0.108. The van der Waals surface area contributed by atoms with Crippen LogP contribution >= 0.6 is 0 Å². The number of hydrogen-bond donors (Lipinski definition) is 0. The van der Waals surface area contributed by atoms with Crippen LogP contribution in [0.1, 0.15) is 47.2 Å². The molecule has 548 valence electrons. The average molecular weight is 1480 g/mol. The molecule has 0 spiro atoms. The van der Waals surface area contributed by atoms with Gasteiger partial charge in [-0.3, -0.25) is 0 Å². The zero-order chi connectivity index (χ0) is 77.3. The van der Waals surface area contributed by atoms with E-state index in [-0.39, 0.29) is 5.41 Å². The molecule has 0 saturated heterocycles. The lowest BCUT2D eigenvalue weighted by Gasteiger charge is -2.35. The smallest absolute Gasteiger partial charge is 0.0714 e. The summed E-state index contributed by atoms with van der Waals surface area (Å²) in [5, 5.41) is 5.00. The highest BCUT2D eigenvalue weighted by molar-refractivity contribution is 6.12. The number of anilines is 6. The molecule has 2 heterocycles. The van der Waals surface area contributed by atoms with Crippen molar-refractivity contribution in [2.75, 3.05) is 9.80 Å². The average Bonchev–Trinajstić information content (AvgIpc) is 1.53. The normalized spacial score (nSPS) is 12.7. The maximum Gasteiger partial charge on any atom is 0.0714 e. The standard InChI is InChI=1S/C61H42N2.C51H38N2/c1-5-17-43(18-6-1)44-29-34-50(35-30-44)62(51-36-31-45(32-37-51)46-33-40-60-56(41-46)55-26-14-16-28-59(55)63(60)49-23-11-4-12-24-49)52-38-39-54-53-25-13-15-27-57(53)61(58(54)42-52,47-19-7-2-8-20-47)48-21-9-3-10-22-48;1-51(2)47-19-11-9-17-43(47)44-31-30-42(34-48(44)51)52(39-15-7-4-8-16-39)40-26-23-37(24-27-40)38-25-32-50-46(33-38)45-18-10-12-20-49(45)53(50)41-28-21-36(22-29-41)35-13-5-3-6-14-35/h1-42H;3-34H,1-2H3. The molecule has 0 fully saturated rings. The van der Waals surface area contributed by atoms with Gasteiger partial charge in [-0.05, 0) is 234 Å². The molecule has 0 amide bonds. The summed E-state index contributed by atoms with van der Waals surface area (Å²) in [6.07, 6.45) is 0. The van der Waals surface area contributed by atoms with Crippen LogP contribution in [0.4, 0.5) is 34.1 Å². The topological polar surface area (TPSA) is 16.3 Å². The molecule has 2 aromatic heterocycles. The van der Waals surface area contributed by atoms with Gasteiger partial charge in [0.15, 0.2) is 0 Å². The zero-order valence-corrected chi connectivity index (χ0v) is 64.5. The molecule has 20 aromatic rings. The molecular formula is C112H80N4. The van der Waals surface area contributed by atoms with Gasteiger partial charge < -0.3 is 18.9 Å². The van der Waals surface area contributed by atoms with Crippen LogP contribution in [0.5, 0.6) is 0 Å². The van der Waals surface area contributed by atoms with E-state index in [1.165, 1.54) is 144 Å². The van der Waals surface area contributed by atoms with Crippen LogP contribution < -0.4 is 9.80 Å². The SMILES string of the molecule is CC1(C)c2ccccc2-c2ccc(N(c3ccccc3)c3ccc(-c4ccc5c(c4)c4ccccc4n5-c4ccc(-c5ccccc5)cc4)cc3)cc21.c1ccc(-c2ccc(N(c3ccc(-c4ccc5c(c4)c4ccccc4n5-c4ccccc4)cc3)c3ccc4c(c3)C(c3ccccc3)(c3ccccc3)c3ccccc3-4)cc2)cc1. The highest BCUT2D eigenvalue weighted by Gasteiger charge is 2.46. The molecule has 2 aliphatic rings. The number of para-hydroxylation sites is 4. The summed E-state index contributed by atoms with van der Waals surface area (Å²) < 4.78 is 4.76. The summed E-state index contributed by atoms with van der Waals surface area (Å²) >= 11 is 0. The van der Waals surface area contributed by atoms with E-state index in [0.717, 1.165) is 45.5 Å². The van der Waals surface area contributed by atoms with Crippen molar-refractivity contribution in [1.29, 1.82) is 0 Å². The first-order valence-electron chi connectivity index (χ1n) is 40.2. The largest absolute Gasteiger partial charge is 0.310 e. The molecule has 0 aliphatic heterocycles. The predicted octanol–water partition coefficient (Wildman–Crippen LogP) is 29.8. The van der Waals surface area contributed by atoms with Crippen molar-refractivity contribution in [2.45, 2.75) is 24.7 Å². The van der Waals surface area contributed by atoms with Crippen LogP contribution in [-0.4, -0.2) is 9.13 Å². The van der Waals surface area contributed by atoms with Gasteiger partial charge in [0.25, 0.3) is 0 Å². The molecule has 22 rings (SSSR count). The number of fused-ring (bicyclic) bond motifs is 12. The Kier molecular flexibility index (Phi) is 17.1. The molecular weight excluding hydrogens is 1400 g/mol. The predicted molar refractivity (Wildman–Crippen MR) is 488 cm³/mol. The van der Waals surface area contributed by atoms with E-state index in [0.29, 0.717) is 0 Å². The highest BCUT2D eigenvalue weighted by Crippen LogP contribution is 2.58. The summed E-state index contributed by atoms with van der Waals surface area (Å²) in [7, 11) is 0. The molecule has 0 unspecified atom stereocenters. The third-order valence-corrected chi connectivity index (χ3v) is 24.3. The van der Waals surface area contributed by atoms with E-state index in [9.17, 15) is 0 Å². The first-order chi connectivity index (χ1) is 57.3. The van der Waals surface area contributed by atoms with Gasteiger partial charge in [-0.2, -0.15) is 0 Å². The Balaban J connectivity index is 0.000000147. The van der Waals surface area contributed by atoms with E-state index in [2.05, 4.69) is 482 Å². The molecule has 116 heavy (non-hydrogen) atoms. The van der Waals surface area contributed by atoms with Gasteiger partial charge in [0, 0.05) is 72.5 Å². The minimum atomic E-state index is -0.501. The van der Waals surface area contributed by atoms with Crippen molar-refractivity contribution < 1.29 is 0 Å². The summed E-state index contributed by atoms with van der Waals surface area (Å²) in [6, 6.07) is 164. The number of nitrogens with zero attached hydrogens (tertiary/aromatic N) is 4. The molecule has 0 radical (unpaired) electrons. The third kappa shape index (κ3) is 11.7. The second-order valence-corrected chi connectivity index (χ2v) is 31.1. The lowest BCUT2D eigenvalue weighted by atomic mass is 9.67. The fourth-order valence-corrected chi connectivity index (χ4v) is 18.8. The van der Waals surface area contributed by atoms with Gasteiger partial charge in [0.05, 0.1) is 27.5 Å². The minimum absolute atomic E-state index is 0.0679. The number of benzene rings is 18. The van der Waals surface area contributed by atoms with Crippen LogP contribution in [0.3, 0.4) is 0 Å². The molecule has 0 bridgehead atoms. The maximum atomic E-state index is 2.45. The number of aromatic nitrogens is 2. The molecule has 4 heteroatoms. The van der Waals surface area contributed by atoms with Crippen molar-refractivity contribution in [3.63, 3.8) is 0 Å². The number of hydrogen-bond acceptors (Lipinski definition) is 2. The second-order valence-electron chi connectivity index (χ2n) is 31.1. The first-order valence-corrected chi connectivity index (χ1v) is 40.2. The Bertz CT molecular complexity index is 6990. The zero-order valence-electron chi connectivity index (χ0n) is 64.5. The van der Waals surface area contributed by atoms with Crippen molar-refractivity contribution >= 4 is 77.7 Å². The van der Waals surface area contributed by atoms with Gasteiger partial charge in [-0.1, -0.05) is 329 Å². The van der Waals surface area contributed by atoms with Crippen LogP contribution in [-0.2, 0) is 10.8 Å². The van der Waals surface area contributed by atoms with Gasteiger partial charge in [0.1, 0.15) is 0 Å². The summed E-state index contributed by atoms with van der Waals surface area (Å²) in [5.41, 5.74) is 36.0. The van der Waals surface area contributed by atoms with Crippen LogP contribution in [0.2, 0.25) is 0 Å². The molecule has 2 aliphatic carbocycles. The molecule has 0 atom stereocenters. The van der Waals surface area contributed by atoms with Crippen LogP contribution in [0.15, 0.2) is 449 Å². The lowest BCUT2D eigenvalue weighted by molar-refractivity contribution is 0.660. The van der Waals surface area contributed by atoms with Gasteiger partial charge in [-0.25, -0.2) is 0 Å². The molecule has 0 N–H and O–H groups in total. The van der Waals surface area contributed by atoms with E-state index < -0.39 is 5.41 Å². The van der Waals surface area contributed by atoms with E-state index >= 15 is 0 Å². The summed E-state index contributed by atoms with van der Waals surface area (Å²) in [5.74, 6) is 0. The van der Waals surface area contributed by atoms with E-state index in [4.69, 9.17) is 0 Å². The Labute approximate surface area is 677 Å². The van der Waals surface area contributed by atoms with Gasteiger partial charge in [-0.15, -0.1) is 0 Å². The summed E-state index contributed by atoms with van der Waals surface area (Å²) in [4.78, 5) is 4.79. The lowest BCUT2D eigenvalue weighted by Crippen LogP contribution is -2.28. The van der Waals surface area contributed by atoms with Crippen molar-refractivity contribution in [1.82, 2.24) is 9.13 Å². The Morgan fingerprint density at radius 1 is 0.190 bits per heavy atom. The molecule has 18 aromatic carbocycles. The fourth-order valence-electron chi connectivity index (χ4n) is 18.8. The fraction of sp³-hybridized carbons (Fsp3) is 0.0357. The van der Waals surface area contributed by atoms with Crippen molar-refractivity contribution in [2.24, 2.45) is 0 Å².